The number of hydrogen-bond acceptors (Lipinski definition) is 5. The van der Waals surface area contributed by atoms with E-state index in [1.54, 1.807) is 11.3 Å². The monoisotopic (exact) mass is 324 g/mol. The molecule has 114 valence electrons. The van der Waals surface area contributed by atoms with Crippen molar-refractivity contribution in [2.24, 2.45) is 0 Å². The summed E-state index contributed by atoms with van der Waals surface area (Å²) >= 11 is 2.97. The molecular weight excluding hydrogens is 304 g/mol. The Kier molecular flexibility index (Phi) is 4.68. The number of anilines is 1. The van der Waals surface area contributed by atoms with Crippen molar-refractivity contribution in [3.63, 3.8) is 0 Å². The fourth-order valence-corrected chi connectivity index (χ4v) is 3.90. The Hall–Kier alpha value is -1.40. The molecule has 1 N–H and O–H groups in total. The van der Waals surface area contributed by atoms with Gasteiger partial charge in [-0.25, -0.2) is 9.78 Å². The highest BCUT2D eigenvalue weighted by atomic mass is 32.1. The average Bonchev–Trinajstić information content (AvgIpc) is 3.04. The zero-order valence-electron chi connectivity index (χ0n) is 12.7. The molecule has 0 aliphatic heterocycles. The second kappa shape index (κ2) is 6.15. The fourth-order valence-electron chi connectivity index (χ4n) is 2.00. The maximum Gasteiger partial charge on any atom is 0.347 e. The van der Waals surface area contributed by atoms with Gasteiger partial charge in [0.25, 0.3) is 0 Å². The minimum atomic E-state index is -0.893. The number of aromatic nitrogens is 1. The van der Waals surface area contributed by atoms with Crippen LogP contribution in [0.2, 0.25) is 0 Å². The van der Waals surface area contributed by atoms with Crippen LogP contribution in [0.5, 0.6) is 0 Å². The third-order valence-corrected chi connectivity index (χ3v) is 5.06. The number of carbonyl (C=O) groups is 1. The highest BCUT2D eigenvalue weighted by Crippen LogP contribution is 2.34. The van der Waals surface area contributed by atoms with Gasteiger partial charge in [-0.3, -0.25) is 0 Å². The van der Waals surface area contributed by atoms with Crippen LogP contribution in [0.25, 0.3) is 0 Å². The van der Waals surface area contributed by atoms with Crippen molar-refractivity contribution in [1.29, 1.82) is 0 Å². The van der Waals surface area contributed by atoms with Gasteiger partial charge < -0.3 is 10.0 Å². The molecule has 0 atom stereocenters. The van der Waals surface area contributed by atoms with Crippen LogP contribution < -0.4 is 4.90 Å². The van der Waals surface area contributed by atoms with E-state index in [2.05, 4.69) is 22.9 Å². The molecule has 0 amide bonds. The summed E-state index contributed by atoms with van der Waals surface area (Å²) in [6, 6.07) is 4.11. The lowest BCUT2D eigenvalue weighted by Crippen LogP contribution is -2.22. The van der Waals surface area contributed by atoms with E-state index < -0.39 is 5.97 Å². The van der Waals surface area contributed by atoms with E-state index in [1.807, 2.05) is 32.2 Å². The van der Waals surface area contributed by atoms with Gasteiger partial charge in [-0.15, -0.1) is 11.3 Å². The number of thiazole rings is 1. The number of hydrogen-bond donors (Lipinski definition) is 1. The maximum absolute atomic E-state index is 11.5. The molecule has 0 aliphatic rings. The summed E-state index contributed by atoms with van der Waals surface area (Å²) in [6.07, 6.45) is 0. The van der Waals surface area contributed by atoms with E-state index in [-0.39, 0.29) is 5.41 Å². The molecule has 0 aromatic carbocycles. The summed E-state index contributed by atoms with van der Waals surface area (Å²) in [5.74, 6) is -0.893. The fraction of sp³-hybridized carbons (Fsp3) is 0.467. The van der Waals surface area contributed by atoms with Gasteiger partial charge in [0.05, 0.1) is 12.2 Å². The maximum atomic E-state index is 11.5. The zero-order valence-corrected chi connectivity index (χ0v) is 14.3. The van der Waals surface area contributed by atoms with Gasteiger partial charge in [0.1, 0.15) is 4.88 Å². The van der Waals surface area contributed by atoms with Crippen LogP contribution in [-0.4, -0.2) is 22.6 Å². The number of thiophene rings is 1. The van der Waals surface area contributed by atoms with Gasteiger partial charge in [0.2, 0.25) is 0 Å². The highest BCUT2D eigenvalue weighted by molar-refractivity contribution is 7.17. The molecule has 2 rings (SSSR count). The second-order valence-corrected chi connectivity index (χ2v) is 7.83. The van der Waals surface area contributed by atoms with E-state index >= 15 is 0 Å². The third kappa shape index (κ3) is 3.63. The third-order valence-electron chi connectivity index (χ3n) is 3.10. The molecular formula is C15H20N2O2S2. The lowest BCUT2D eigenvalue weighted by Gasteiger charge is -2.19. The Morgan fingerprint density at radius 1 is 1.43 bits per heavy atom. The Morgan fingerprint density at radius 2 is 2.14 bits per heavy atom. The second-order valence-electron chi connectivity index (χ2n) is 5.82. The number of rotatable bonds is 5. The molecule has 2 aromatic heterocycles. The zero-order chi connectivity index (χ0) is 15.6. The molecule has 0 saturated carbocycles. The lowest BCUT2D eigenvalue weighted by molar-refractivity contribution is 0.0699. The Morgan fingerprint density at radius 3 is 2.57 bits per heavy atom. The summed E-state index contributed by atoms with van der Waals surface area (Å²) in [7, 11) is 0. The first kappa shape index (κ1) is 16.0. The summed E-state index contributed by atoms with van der Waals surface area (Å²) in [4.78, 5) is 19.8. The normalized spacial score (nSPS) is 11.6. The highest BCUT2D eigenvalue weighted by Gasteiger charge is 2.28. The van der Waals surface area contributed by atoms with Crippen LogP contribution in [-0.2, 0) is 12.0 Å². The van der Waals surface area contributed by atoms with Crippen LogP contribution in [0.4, 0.5) is 5.13 Å². The number of carboxylic acids is 1. The standard InChI is InChI=1S/C15H20N2O2S2/c1-5-17(9-10-7-6-8-20-10)14-16-12(15(2,3)4)11(21-14)13(18)19/h6-8H,5,9H2,1-4H3,(H,18,19). The molecule has 21 heavy (non-hydrogen) atoms. The first-order chi connectivity index (χ1) is 9.82. The number of carboxylic acid groups (broad SMARTS) is 1. The van der Waals surface area contributed by atoms with Crippen LogP contribution >= 0.6 is 22.7 Å². The van der Waals surface area contributed by atoms with Crippen LogP contribution in [0.3, 0.4) is 0 Å². The predicted octanol–water partition coefficient (Wildman–Crippen LogP) is 4.23. The topological polar surface area (TPSA) is 53.4 Å². The lowest BCUT2D eigenvalue weighted by atomic mass is 9.91. The van der Waals surface area contributed by atoms with Crippen LogP contribution in [0.1, 0.15) is 47.9 Å². The van der Waals surface area contributed by atoms with Gasteiger partial charge in [-0.2, -0.15) is 0 Å². The Bertz CT molecular complexity index is 612. The van der Waals surface area contributed by atoms with E-state index in [0.29, 0.717) is 10.6 Å². The van der Waals surface area contributed by atoms with E-state index in [9.17, 15) is 9.90 Å². The minimum absolute atomic E-state index is 0.273. The van der Waals surface area contributed by atoms with Gasteiger partial charge in [-0.05, 0) is 18.4 Å². The number of aromatic carboxylic acids is 1. The quantitative estimate of drug-likeness (QED) is 0.894. The van der Waals surface area contributed by atoms with Crippen molar-refractivity contribution in [2.45, 2.75) is 39.7 Å². The molecule has 0 saturated heterocycles. The molecule has 6 heteroatoms. The molecule has 2 aromatic rings. The minimum Gasteiger partial charge on any atom is -0.477 e. The summed E-state index contributed by atoms with van der Waals surface area (Å²) in [5.41, 5.74) is 0.393. The predicted molar refractivity (Wildman–Crippen MR) is 88.8 cm³/mol. The average molecular weight is 324 g/mol. The SMILES string of the molecule is CCN(Cc1cccs1)c1nc(C(C)(C)C)c(C(=O)O)s1. The van der Waals surface area contributed by atoms with Gasteiger partial charge >= 0.3 is 5.97 Å². The first-order valence-electron chi connectivity index (χ1n) is 6.85. The Balaban J connectivity index is 2.36. The summed E-state index contributed by atoms with van der Waals surface area (Å²) in [5, 5.41) is 12.2. The largest absolute Gasteiger partial charge is 0.477 e. The van der Waals surface area contributed by atoms with E-state index in [1.165, 1.54) is 16.2 Å². The van der Waals surface area contributed by atoms with Crippen molar-refractivity contribution in [3.05, 3.63) is 33.0 Å². The Labute approximate surface area is 133 Å². The summed E-state index contributed by atoms with van der Waals surface area (Å²) in [6.45, 7) is 9.61. The van der Waals surface area contributed by atoms with Gasteiger partial charge in [0, 0.05) is 16.8 Å². The molecule has 0 fully saturated rings. The summed E-state index contributed by atoms with van der Waals surface area (Å²) < 4.78 is 0. The molecule has 0 radical (unpaired) electrons. The van der Waals surface area contributed by atoms with Gasteiger partial charge in [-0.1, -0.05) is 38.2 Å². The molecule has 4 nitrogen and oxygen atoms in total. The van der Waals surface area contributed by atoms with Gasteiger partial charge in [0.15, 0.2) is 5.13 Å². The van der Waals surface area contributed by atoms with Crippen molar-refractivity contribution in [3.8, 4) is 0 Å². The number of nitrogens with zero attached hydrogens (tertiary/aromatic N) is 2. The van der Waals surface area contributed by atoms with E-state index in [0.717, 1.165) is 18.2 Å². The van der Waals surface area contributed by atoms with Crippen LogP contribution in [0.15, 0.2) is 17.5 Å². The smallest absolute Gasteiger partial charge is 0.347 e. The molecule has 0 bridgehead atoms. The van der Waals surface area contributed by atoms with Crippen molar-refractivity contribution in [1.82, 2.24) is 4.98 Å². The van der Waals surface area contributed by atoms with Crippen molar-refractivity contribution < 1.29 is 9.90 Å². The molecule has 2 heterocycles. The van der Waals surface area contributed by atoms with E-state index in [4.69, 9.17) is 0 Å². The van der Waals surface area contributed by atoms with Crippen molar-refractivity contribution >= 4 is 33.8 Å². The van der Waals surface area contributed by atoms with Crippen molar-refractivity contribution in [2.75, 3.05) is 11.4 Å². The molecule has 0 aliphatic carbocycles. The first-order valence-corrected chi connectivity index (χ1v) is 8.54. The van der Waals surface area contributed by atoms with Crippen LogP contribution in [0, 0.1) is 0 Å². The molecule has 0 unspecified atom stereocenters. The molecule has 0 spiro atoms.